The van der Waals surface area contributed by atoms with Gasteiger partial charge >= 0.3 is 5.97 Å². The van der Waals surface area contributed by atoms with Gasteiger partial charge in [0.05, 0.1) is 27.6 Å². The van der Waals surface area contributed by atoms with Crippen LogP contribution in [0.4, 0.5) is 0 Å². The molecule has 1 fully saturated rings. The van der Waals surface area contributed by atoms with Crippen LogP contribution in [0.25, 0.3) is 0 Å². The average Bonchev–Trinajstić information content (AvgIpc) is 2.86. The Labute approximate surface area is 156 Å². The van der Waals surface area contributed by atoms with Crippen LogP contribution in [0.15, 0.2) is 18.2 Å². The highest BCUT2D eigenvalue weighted by Gasteiger charge is 2.30. The summed E-state index contributed by atoms with van der Waals surface area (Å²) in [6.45, 7) is 1.35. The number of ether oxygens (including phenoxy) is 1. The van der Waals surface area contributed by atoms with Gasteiger partial charge in [-0.2, -0.15) is 0 Å². The van der Waals surface area contributed by atoms with E-state index in [9.17, 15) is 18.0 Å². The second-order valence-electron chi connectivity index (χ2n) is 6.10. The van der Waals surface area contributed by atoms with E-state index in [1.807, 2.05) is 0 Å². The lowest BCUT2D eigenvalue weighted by Gasteiger charge is -2.15. The van der Waals surface area contributed by atoms with Crippen LogP contribution < -0.4 is 5.32 Å². The Morgan fingerprint density at radius 3 is 2.64 bits per heavy atom. The minimum absolute atomic E-state index is 0.00264. The summed E-state index contributed by atoms with van der Waals surface area (Å²) in [5.41, 5.74) is 0.769. The molecular formula is C16H19Cl2NO5S. The van der Waals surface area contributed by atoms with Crippen LogP contribution in [0.1, 0.15) is 31.4 Å². The summed E-state index contributed by atoms with van der Waals surface area (Å²) in [5, 5.41) is 3.50. The number of carbonyl (C=O) groups excluding carboxylic acids is 2. The van der Waals surface area contributed by atoms with E-state index in [2.05, 4.69) is 5.32 Å². The third-order valence-electron chi connectivity index (χ3n) is 3.97. The molecule has 1 N–H and O–H groups in total. The highest BCUT2D eigenvalue weighted by molar-refractivity contribution is 7.91. The molecule has 2 rings (SSSR count). The average molecular weight is 408 g/mol. The molecule has 0 aliphatic carbocycles. The van der Waals surface area contributed by atoms with Gasteiger partial charge in [0.2, 0.25) is 0 Å². The molecule has 0 bridgehead atoms. The Balaban J connectivity index is 1.76. The summed E-state index contributed by atoms with van der Waals surface area (Å²) in [6, 6.07) is 4.70. The lowest BCUT2D eigenvalue weighted by molar-refractivity contribution is -0.149. The van der Waals surface area contributed by atoms with Gasteiger partial charge in [0.25, 0.3) is 5.91 Å². The van der Waals surface area contributed by atoms with Crippen molar-refractivity contribution in [2.75, 3.05) is 18.1 Å². The molecule has 2 atom stereocenters. The SMILES string of the molecule is CC(NC(=O)COC(=O)CC1CCS(=O)(=O)C1)c1ccc(Cl)c(Cl)c1. The Morgan fingerprint density at radius 2 is 2.04 bits per heavy atom. The van der Waals surface area contributed by atoms with Gasteiger partial charge in [-0.15, -0.1) is 0 Å². The predicted octanol–water partition coefficient (Wildman–Crippen LogP) is 2.54. The molecule has 1 heterocycles. The molecule has 1 aromatic rings. The van der Waals surface area contributed by atoms with Gasteiger partial charge in [0.1, 0.15) is 0 Å². The molecule has 2 unspecified atom stereocenters. The molecular weight excluding hydrogens is 389 g/mol. The van der Waals surface area contributed by atoms with Crippen molar-refractivity contribution in [2.45, 2.75) is 25.8 Å². The van der Waals surface area contributed by atoms with Crippen LogP contribution in [-0.2, 0) is 24.2 Å². The summed E-state index contributed by atoms with van der Waals surface area (Å²) in [7, 11) is -3.03. The standard InChI is InChI=1S/C16H19Cl2NO5S/c1-10(12-2-3-13(17)14(18)7-12)19-15(20)8-24-16(21)6-11-4-5-25(22,23)9-11/h2-3,7,10-11H,4-6,8-9H2,1H3,(H,19,20). The van der Waals surface area contributed by atoms with Crippen molar-refractivity contribution in [1.82, 2.24) is 5.32 Å². The Kier molecular flexibility index (Phi) is 6.71. The van der Waals surface area contributed by atoms with Crippen molar-refractivity contribution in [2.24, 2.45) is 5.92 Å². The van der Waals surface area contributed by atoms with Crippen LogP contribution >= 0.6 is 23.2 Å². The third kappa shape index (κ3) is 6.17. The zero-order chi connectivity index (χ0) is 18.6. The number of hydrogen-bond acceptors (Lipinski definition) is 5. The molecule has 138 valence electrons. The van der Waals surface area contributed by atoms with Gasteiger partial charge in [-0.1, -0.05) is 29.3 Å². The summed E-state index contributed by atoms with van der Waals surface area (Å²) >= 11 is 11.8. The van der Waals surface area contributed by atoms with Gasteiger partial charge < -0.3 is 10.1 Å². The molecule has 1 saturated heterocycles. The molecule has 0 spiro atoms. The summed E-state index contributed by atoms with van der Waals surface area (Å²) in [6.07, 6.45) is 0.465. The zero-order valence-corrected chi connectivity index (χ0v) is 16.0. The minimum Gasteiger partial charge on any atom is -0.456 e. The fraction of sp³-hybridized carbons (Fsp3) is 0.500. The molecule has 25 heavy (non-hydrogen) atoms. The van der Waals surface area contributed by atoms with E-state index in [-0.39, 0.29) is 29.9 Å². The fourth-order valence-corrected chi connectivity index (χ4v) is 4.79. The van der Waals surface area contributed by atoms with Crippen molar-refractivity contribution in [3.8, 4) is 0 Å². The number of sulfone groups is 1. The van der Waals surface area contributed by atoms with Crippen LogP contribution in [0.3, 0.4) is 0 Å². The number of esters is 1. The monoisotopic (exact) mass is 407 g/mol. The number of halogens is 2. The van der Waals surface area contributed by atoms with Crippen molar-refractivity contribution < 1.29 is 22.7 Å². The van der Waals surface area contributed by atoms with Gasteiger partial charge in [-0.05, 0) is 37.0 Å². The van der Waals surface area contributed by atoms with Crippen LogP contribution in [0.2, 0.25) is 10.0 Å². The number of amides is 1. The second kappa shape index (κ2) is 8.38. The van der Waals surface area contributed by atoms with Gasteiger partial charge in [0.15, 0.2) is 16.4 Å². The summed E-state index contributed by atoms with van der Waals surface area (Å²) in [5.74, 6) is -1.14. The van der Waals surface area contributed by atoms with E-state index in [1.165, 1.54) is 0 Å². The summed E-state index contributed by atoms with van der Waals surface area (Å²) < 4.78 is 27.6. The van der Waals surface area contributed by atoms with Gasteiger partial charge in [-0.3, -0.25) is 9.59 Å². The number of carbonyl (C=O) groups is 2. The maximum atomic E-state index is 11.9. The van der Waals surface area contributed by atoms with Gasteiger partial charge in [-0.25, -0.2) is 8.42 Å². The maximum absolute atomic E-state index is 11.9. The normalized spacial score (nSPS) is 20.0. The van der Waals surface area contributed by atoms with E-state index in [4.69, 9.17) is 27.9 Å². The lowest BCUT2D eigenvalue weighted by atomic mass is 10.1. The highest BCUT2D eigenvalue weighted by Crippen LogP contribution is 2.25. The van der Waals surface area contributed by atoms with E-state index < -0.39 is 28.3 Å². The Bertz CT molecular complexity index is 766. The Morgan fingerprint density at radius 1 is 1.32 bits per heavy atom. The van der Waals surface area contributed by atoms with E-state index in [1.54, 1.807) is 25.1 Å². The zero-order valence-electron chi connectivity index (χ0n) is 13.6. The molecule has 0 saturated carbocycles. The minimum atomic E-state index is -3.03. The third-order valence-corrected chi connectivity index (χ3v) is 6.54. The van der Waals surface area contributed by atoms with E-state index >= 15 is 0 Å². The molecule has 6 nitrogen and oxygen atoms in total. The second-order valence-corrected chi connectivity index (χ2v) is 9.14. The lowest BCUT2D eigenvalue weighted by Crippen LogP contribution is -2.31. The number of benzene rings is 1. The van der Waals surface area contributed by atoms with Crippen LogP contribution in [-0.4, -0.2) is 38.4 Å². The van der Waals surface area contributed by atoms with E-state index in [0.29, 0.717) is 16.5 Å². The first-order chi connectivity index (χ1) is 11.7. The quantitative estimate of drug-likeness (QED) is 0.731. The molecule has 0 radical (unpaired) electrons. The topological polar surface area (TPSA) is 89.5 Å². The summed E-state index contributed by atoms with van der Waals surface area (Å²) in [4.78, 5) is 23.6. The Hall–Kier alpha value is -1.31. The molecule has 1 aliphatic rings. The first-order valence-electron chi connectivity index (χ1n) is 7.76. The maximum Gasteiger partial charge on any atom is 0.306 e. The molecule has 9 heteroatoms. The first-order valence-corrected chi connectivity index (χ1v) is 10.3. The van der Waals surface area contributed by atoms with Crippen LogP contribution in [0, 0.1) is 5.92 Å². The van der Waals surface area contributed by atoms with Crippen LogP contribution in [0.5, 0.6) is 0 Å². The van der Waals surface area contributed by atoms with Crippen molar-refractivity contribution >= 4 is 44.9 Å². The van der Waals surface area contributed by atoms with E-state index in [0.717, 1.165) is 5.56 Å². The van der Waals surface area contributed by atoms with Crippen molar-refractivity contribution in [3.63, 3.8) is 0 Å². The first kappa shape index (κ1) is 20.0. The molecule has 1 aromatic carbocycles. The predicted molar refractivity (Wildman–Crippen MR) is 95.4 cm³/mol. The number of hydrogen-bond donors (Lipinski definition) is 1. The number of rotatable bonds is 6. The fourth-order valence-electron chi connectivity index (χ4n) is 2.62. The molecule has 1 amide bonds. The molecule has 1 aliphatic heterocycles. The molecule has 0 aromatic heterocycles. The van der Waals surface area contributed by atoms with Crippen molar-refractivity contribution in [1.29, 1.82) is 0 Å². The number of nitrogens with one attached hydrogen (secondary N) is 1. The smallest absolute Gasteiger partial charge is 0.306 e. The van der Waals surface area contributed by atoms with Gasteiger partial charge in [0, 0.05) is 6.42 Å². The highest BCUT2D eigenvalue weighted by atomic mass is 35.5. The largest absolute Gasteiger partial charge is 0.456 e. The van der Waals surface area contributed by atoms with Crippen molar-refractivity contribution in [3.05, 3.63) is 33.8 Å².